The molecule has 0 saturated heterocycles. The van der Waals surface area contributed by atoms with Gasteiger partial charge < -0.3 is 9.97 Å². The van der Waals surface area contributed by atoms with E-state index in [9.17, 15) is 4.79 Å². The molecule has 92 valence electrons. The Kier molecular flexibility index (Phi) is 2.46. The van der Waals surface area contributed by atoms with E-state index in [1.54, 1.807) is 6.92 Å². The molecule has 0 saturated carbocycles. The fraction of sp³-hybridized carbons (Fsp3) is 0.0667. The van der Waals surface area contributed by atoms with E-state index in [1.807, 2.05) is 42.6 Å². The number of fused-ring (bicyclic) bond motifs is 1. The first-order valence-electron chi connectivity index (χ1n) is 5.90. The molecule has 0 bridgehead atoms. The highest BCUT2D eigenvalue weighted by molar-refractivity contribution is 5.86. The third kappa shape index (κ3) is 1.81. The summed E-state index contributed by atoms with van der Waals surface area (Å²) in [5.74, 6) is 0. The first kappa shape index (κ1) is 11.3. The molecule has 0 aliphatic rings. The van der Waals surface area contributed by atoms with E-state index in [4.69, 9.17) is 5.26 Å². The molecule has 19 heavy (non-hydrogen) atoms. The van der Waals surface area contributed by atoms with Gasteiger partial charge in [-0.25, -0.2) is 0 Å². The maximum atomic E-state index is 11.8. The number of nitrogens with one attached hydrogen (secondary N) is 2. The smallest absolute Gasteiger partial charge is 0.266 e. The SMILES string of the molecule is Cc1cc(-c2ccc3[nH]ccc3c2)c(C#N)c(=O)[nH]1. The van der Waals surface area contributed by atoms with Gasteiger partial charge in [0.1, 0.15) is 11.6 Å². The predicted octanol–water partition coefficient (Wildman–Crippen LogP) is 2.70. The summed E-state index contributed by atoms with van der Waals surface area (Å²) in [7, 11) is 0. The number of benzene rings is 1. The van der Waals surface area contributed by atoms with Gasteiger partial charge in [-0.15, -0.1) is 0 Å². The summed E-state index contributed by atoms with van der Waals surface area (Å²) in [6, 6.07) is 11.6. The number of H-pyrrole nitrogens is 2. The number of hydrogen-bond donors (Lipinski definition) is 2. The average Bonchev–Trinajstić information content (AvgIpc) is 2.85. The lowest BCUT2D eigenvalue weighted by Crippen LogP contribution is -2.12. The second kappa shape index (κ2) is 4.14. The van der Waals surface area contributed by atoms with Crippen LogP contribution in [0.2, 0.25) is 0 Å². The van der Waals surface area contributed by atoms with Gasteiger partial charge in [0.15, 0.2) is 0 Å². The van der Waals surface area contributed by atoms with E-state index < -0.39 is 0 Å². The van der Waals surface area contributed by atoms with Crippen molar-refractivity contribution in [2.45, 2.75) is 6.92 Å². The molecule has 0 aliphatic carbocycles. The van der Waals surface area contributed by atoms with Crippen molar-refractivity contribution < 1.29 is 0 Å². The summed E-state index contributed by atoms with van der Waals surface area (Å²) in [5.41, 5.74) is 3.13. The minimum Gasteiger partial charge on any atom is -0.361 e. The Balaban J connectivity index is 2.32. The third-order valence-electron chi connectivity index (χ3n) is 3.14. The second-order valence-corrected chi connectivity index (χ2v) is 4.46. The van der Waals surface area contributed by atoms with Crippen molar-refractivity contribution in [1.82, 2.24) is 9.97 Å². The number of aromatic amines is 2. The minimum atomic E-state index is -0.341. The third-order valence-corrected chi connectivity index (χ3v) is 3.14. The summed E-state index contributed by atoms with van der Waals surface area (Å²) in [5, 5.41) is 10.2. The van der Waals surface area contributed by atoms with Crippen molar-refractivity contribution in [3.8, 4) is 17.2 Å². The Bertz CT molecular complexity index is 865. The number of hydrogen-bond acceptors (Lipinski definition) is 2. The number of nitriles is 1. The fourth-order valence-corrected chi connectivity index (χ4v) is 2.25. The van der Waals surface area contributed by atoms with Crippen molar-refractivity contribution in [3.63, 3.8) is 0 Å². The van der Waals surface area contributed by atoms with Crippen molar-refractivity contribution in [2.24, 2.45) is 0 Å². The Morgan fingerprint density at radius 3 is 2.84 bits per heavy atom. The number of aryl methyl sites for hydroxylation is 1. The highest BCUT2D eigenvalue weighted by atomic mass is 16.1. The van der Waals surface area contributed by atoms with Crippen LogP contribution >= 0.6 is 0 Å². The molecule has 3 rings (SSSR count). The van der Waals surface area contributed by atoms with E-state index >= 15 is 0 Å². The van der Waals surface area contributed by atoms with Gasteiger partial charge in [-0.3, -0.25) is 4.79 Å². The lowest BCUT2D eigenvalue weighted by molar-refractivity contribution is 1.13. The summed E-state index contributed by atoms with van der Waals surface area (Å²) in [4.78, 5) is 17.6. The van der Waals surface area contributed by atoms with Crippen LogP contribution in [0.5, 0.6) is 0 Å². The van der Waals surface area contributed by atoms with Crippen LogP contribution in [0, 0.1) is 18.3 Å². The first-order chi connectivity index (χ1) is 9.19. The van der Waals surface area contributed by atoms with E-state index in [0.29, 0.717) is 5.56 Å². The van der Waals surface area contributed by atoms with Gasteiger partial charge in [0.2, 0.25) is 0 Å². The number of nitrogens with zero attached hydrogens (tertiary/aromatic N) is 1. The van der Waals surface area contributed by atoms with E-state index in [2.05, 4.69) is 9.97 Å². The Morgan fingerprint density at radius 1 is 1.21 bits per heavy atom. The monoisotopic (exact) mass is 249 g/mol. The number of aromatic nitrogens is 2. The van der Waals surface area contributed by atoms with Gasteiger partial charge in [-0.1, -0.05) is 6.07 Å². The van der Waals surface area contributed by atoms with Crippen LogP contribution in [-0.2, 0) is 0 Å². The zero-order valence-corrected chi connectivity index (χ0v) is 10.3. The van der Waals surface area contributed by atoms with E-state index in [0.717, 1.165) is 22.2 Å². The topological polar surface area (TPSA) is 72.4 Å². The summed E-state index contributed by atoms with van der Waals surface area (Å²) < 4.78 is 0. The minimum absolute atomic E-state index is 0.153. The zero-order chi connectivity index (χ0) is 13.4. The van der Waals surface area contributed by atoms with Gasteiger partial charge in [-0.05, 0) is 42.1 Å². The molecule has 0 atom stereocenters. The highest BCUT2D eigenvalue weighted by Crippen LogP contribution is 2.25. The zero-order valence-electron chi connectivity index (χ0n) is 10.3. The first-order valence-corrected chi connectivity index (χ1v) is 5.90. The molecule has 0 aliphatic heterocycles. The Labute approximate surface area is 109 Å². The van der Waals surface area contributed by atoms with Crippen molar-refractivity contribution in [3.05, 3.63) is 58.1 Å². The maximum absolute atomic E-state index is 11.8. The average molecular weight is 249 g/mol. The highest BCUT2D eigenvalue weighted by Gasteiger charge is 2.10. The second-order valence-electron chi connectivity index (χ2n) is 4.46. The molecule has 0 fully saturated rings. The van der Waals surface area contributed by atoms with E-state index in [1.165, 1.54) is 0 Å². The molecule has 0 unspecified atom stereocenters. The van der Waals surface area contributed by atoms with Crippen LogP contribution < -0.4 is 5.56 Å². The molecule has 2 heterocycles. The molecular weight excluding hydrogens is 238 g/mol. The molecule has 2 aromatic heterocycles. The standard InChI is InChI=1S/C15H11N3O/c1-9-6-12(13(8-16)15(19)18-9)10-2-3-14-11(7-10)4-5-17-14/h2-7,17H,1H3,(H,18,19). The molecule has 1 aromatic carbocycles. The van der Waals surface area contributed by atoms with Gasteiger partial charge in [0.05, 0.1) is 0 Å². The van der Waals surface area contributed by atoms with Gasteiger partial charge in [0, 0.05) is 23.0 Å². The maximum Gasteiger partial charge on any atom is 0.266 e. The Morgan fingerprint density at radius 2 is 2.05 bits per heavy atom. The van der Waals surface area contributed by atoms with Crippen LogP contribution in [0.25, 0.3) is 22.0 Å². The lowest BCUT2D eigenvalue weighted by Gasteiger charge is -2.05. The van der Waals surface area contributed by atoms with Crippen LogP contribution in [0.15, 0.2) is 41.3 Å². The quantitative estimate of drug-likeness (QED) is 0.696. The van der Waals surface area contributed by atoms with Crippen LogP contribution in [-0.4, -0.2) is 9.97 Å². The fourth-order valence-electron chi connectivity index (χ4n) is 2.25. The Hall–Kier alpha value is -2.80. The largest absolute Gasteiger partial charge is 0.361 e. The predicted molar refractivity (Wildman–Crippen MR) is 73.8 cm³/mol. The van der Waals surface area contributed by atoms with Crippen molar-refractivity contribution >= 4 is 10.9 Å². The molecule has 0 radical (unpaired) electrons. The molecule has 3 aromatic rings. The summed E-state index contributed by atoms with van der Waals surface area (Å²) in [6.07, 6.45) is 1.86. The van der Waals surface area contributed by atoms with Gasteiger partial charge >= 0.3 is 0 Å². The molecule has 0 amide bonds. The molecule has 2 N–H and O–H groups in total. The summed E-state index contributed by atoms with van der Waals surface area (Å²) >= 11 is 0. The van der Waals surface area contributed by atoms with Crippen LogP contribution in [0.1, 0.15) is 11.3 Å². The van der Waals surface area contributed by atoms with E-state index in [-0.39, 0.29) is 11.1 Å². The van der Waals surface area contributed by atoms with Crippen molar-refractivity contribution in [2.75, 3.05) is 0 Å². The molecule has 0 spiro atoms. The summed E-state index contributed by atoms with van der Waals surface area (Å²) in [6.45, 7) is 1.81. The molecule has 4 nitrogen and oxygen atoms in total. The van der Waals surface area contributed by atoms with Crippen LogP contribution in [0.3, 0.4) is 0 Å². The normalized spacial score (nSPS) is 10.5. The van der Waals surface area contributed by atoms with Gasteiger partial charge in [-0.2, -0.15) is 5.26 Å². The number of rotatable bonds is 1. The van der Waals surface area contributed by atoms with Crippen LogP contribution in [0.4, 0.5) is 0 Å². The van der Waals surface area contributed by atoms with Gasteiger partial charge in [0.25, 0.3) is 5.56 Å². The molecular formula is C15H11N3O. The van der Waals surface area contributed by atoms with Crippen molar-refractivity contribution in [1.29, 1.82) is 5.26 Å². The molecule has 4 heteroatoms. The number of pyridine rings is 1. The lowest BCUT2D eigenvalue weighted by atomic mass is 10.00.